The Labute approximate surface area is 108 Å². The zero-order chi connectivity index (χ0) is 13.1. The topological polar surface area (TPSA) is 60.9 Å². The van der Waals surface area contributed by atoms with Crippen molar-refractivity contribution in [2.24, 2.45) is 0 Å². The van der Waals surface area contributed by atoms with Gasteiger partial charge in [-0.2, -0.15) is 0 Å². The summed E-state index contributed by atoms with van der Waals surface area (Å²) in [7, 11) is 1.85. The third kappa shape index (κ3) is 2.76. The summed E-state index contributed by atoms with van der Waals surface area (Å²) < 4.78 is 0. The molecule has 2 rings (SSSR count). The van der Waals surface area contributed by atoms with Crippen LogP contribution < -0.4 is 0 Å². The van der Waals surface area contributed by atoms with Gasteiger partial charge in [-0.3, -0.25) is 4.79 Å². The van der Waals surface area contributed by atoms with Gasteiger partial charge in [0.15, 0.2) is 0 Å². The van der Waals surface area contributed by atoms with E-state index in [0.29, 0.717) is 12.6 Å². The molecule has 1 heterocycles. The fraction of sp³-hybridized carbons (Fsp3) is 0.846. The maximum atomic E-state index is 12.4. The predicted molar refractivity (Wildman–Crippen MR) is 67.4 cm³/mol. The number of carbonyl (C=O) groups excluding carboxylic acids is 1. The molecule has 1 saturated heterocycles. The Morgan fingerprint density at radius 1 is 1.22 bits per heavy atom. The molecule has 0 radical (unpaired) electrons. The molecule has 0 spiro atoms. The Morgan fingerprint density at radius 2 is 1.94 bits per heavy atom. The van der Waals surface area contributed by atoms with E-state index in [2.05, 4.69) is 0 Å². The molecule has 1 saturated carbocycles. The van der Waals surface area contributed by atoms with Crippen LogP contribution in [0, 0.1) is 0 Å². The highest BCUT2D eigenvalue weighted by Crippen LogP contribution is 2.27. The summed E-state index contributed by atoms with van der Waals surface area (Å²) in [5, 5.41) is 8.92. The molecule has 1 unspecified atom stereocenters. The van der Waals surface area contributed by atoms with E-state index in [4.69, 9.17) is 5.11 Å². The molecule has 2 aliphatic rings. The van der Waals surface area contributed by atoms with Gasteiger partial charge in [-0.15, -0.1) is 0 Å². The molecule has 102 valence electrons. The number of piperidine rings is 1. The van der Waals surface area contributed by atoms with Crippen LogP contribution in [-0.4, -0.2) is 52.6 Å². The number of carbonyl (C=O) groups is 2. The van der Waals surface area contributed by atoms with Crippen molar-refractivity contribution in [1.82, 2.24) is 9.80 Å². The molecule has 5 nitrogen and oxygen atoms in total. The SMILES string of the molecule is CN(C(=O)N1CCCCC1CC(=O)O)C1CCC1. The first-order valence-corrected chi connectivity index (χ1v) is 6.85. The summed E-state index contributed by atoms with van der Waals surface area (Å²) in [6.07, 6.45) is 6.26. The summed E-state index contributed by atoms with van der Waals surface area (Å²) in [5.41, 5.74) is 0. The summed E-state index contributed by atoms with van der Waals surface area (Å²) in [5.74, 6) is -0.814. The molecule has 1 N–H and O–H groups in total. The molecule has 1 atom stereocenters. The highest BCUT2D eigenvalue weighted by molar-refractivity contribution is 5.76. The van der Waals surface area contributed by atoms with Crippen LogP contribution in [0.25, 0.3) is 0 Å². The van der Waals surface area contributed by atoms with Crippen LogP contribution in [0.15, 0.2) is 0 Å². The van der Waals surface area contributed by atoms with Crippen molar-refractivity contribution in [1.29, 1.82) is 0 Å². The highest BCUT2D eigenvalue weighted by atomic mass is 16.4. The minimum absolute atomic E-state index is 0.0191. The fourth-order valence-corrected chi connectivity index (χ4v) is 2.80. The van der Waals surface area contributed by atoms with Crippen LogP contribution in [0.3, 0.4) is 0 Å². The Hall–Kier alpha value is -1.26. The predicted octanol–water partition coefficient (Wildman–Crippen LogP) is 1.92. The van der Waals surface area contributed by atoms with Gasteiger partial charge in [-0.05, 0) is 38.5 Å². The average molecular weight is 254 g/mol. The number of carboxylic acids is 1. The third-order valence-corrected chi connectivity index (χ3v) is 4.21. The van der Waals surface area contributed by atoms with Gasteiger partial charge in [0.1, 0.15) is 0 Å². The zero-order valence-electron chi connectivity index (χ0n) is 11.0. The van der Waals surface area contributed by atoms with Crippen LogP contribution >= 0.6 is 0 Å². The molecule has 0 aromatic heterocycles. The van der Waals surface area contributed by atoms with Gasteiger partial charge in [0.25, 0.3) is 0 Å². The second-order valence-corrected chi connectivity index (χ2v) is 5.42. The van der Waals surface area contributed by atoms with Crippen molar-refractivity contribution in [2.75, 3.05) is 13.6 Å². The smallest absolute Gasteiger partial charge is 0.320 e. The number of likely N-dealkylation sites (tertiary alicyclic amines) is 1. The number of aliphatic carboxylic acids is 1. The van der Waals surface area contributed by atoms with Crippen molar-refractivity contribution in [3.05, 3.63) is 0 Å². The Balaban J connectivity index is 1.98. The number of nitrogens with zero attached hydrogens (tertiary/aromatic N) is 2. The van der Waals surface area contributed by atoms with Gasteiger partial charge < -0.3 is 14.9 Å². The molecule has 0 aromatic rings. The lowest BCUT2D eigenvalue weighted by Gasteiger charge is -2.42. The van der Waals surface area contributed by atoms with Crippen LogP contribution in [0.1, 0.15) is 44.9 Å². The van der Waals surface area contributed by atoms with E-state index in [-0.39, 0.29) is 18.5 Å². The Morgan fingerprint density at radius 3 is 2.50 bits per heavy atom. The van der Waals surface area contributed by atoms with Gasteiger partial charge in [0.2, 0.25) is 0 Å². The number of carboxylic acid groups (broad SMARTS) is 1. The molecular formula is C13H22N2O3. The van der Waals surface area contributed by atoms with E-state index >= 15 is 0 Å². The van der Waals surface area contributed by atoms with Gasteiger partial charge in [-0.1, -0.05) is 0 Å². The number of hydrogen-bond acceptors (Lipinski definition) is 2. The van der Waals surface area contributed by atoms with Gasteiger partial charge in [0, 0.05) is 25.7 Å². The quantitative estimate of drug-likeness (QED) is 0.837. The third-order valence-electron chi connectivity index (χ3n) is 4.21. The molecule has 1 aliphatic heterocycles. The minimum atomic E-state index is -0.814. The first-order valence-electron chi connectivity index (χ1n) is 6.85. The van der Waals surface area contributed by atoms with E-state index in [0.717, 1.165) is 32.1 Å². The van der Waals surface area contributed by atoms with Gasteiger partial charge >= 0.3 is 12.0 Å². The van der Waals surface area contributed by atoms with Crippen molar-refractivity contribution >= 4 is 12.0 Å². The van der Waals surface area contributed by atoms with Crippen molar-refractivity contribution in [3.8, 4) is 0 Å². The lowest BCUT2D eigenvalue weighted by molar-refractivity contribution is -0.138. The first kappa shape index (κ1) is 13.2. The van der Waals surface area contributed by atoms with Crippen LogP contribution in [0.4, 0.5) is 4.79 Å². The second-order valence-electron chi connectivity index (χ2n) is 5.42. The van der Waals surface area contributed by atoms with Crippen molar-refractivity contribution < 1.29 is 14.7 Å². The van der Waals surface area contributed by atoms with Crippen LogP contribution in [0.5, 0.6) is 0 Å². The standard InChI is InChI=1S/C13H22N2O3/c1-14(10-6-4-7-10)13(18)15-8-3-2-5-11(15)9-12(16)17/h10-11H,2-9H2,1H3,(H,16,17). The first-order chi connectivity index (χ1) is 8.59. The minimum Gasteiger partial charge on any atom is -0.481 e. The summed E-state index contributed by atoms with van der Waals surface area (Å²) in [6.45, 7) is 0.702. The largest absolute Gasteiger partial charge is 0.481 e. The molecule has 0 aromatic carbocycles. The highest BCUT2D eigenvalue weighted by Gasteiger charge is 2.34. The Kier molecular flexibility index (Phi) is 4.09. The maximum Gasteiger partial charge on any atom is 0.320 e. The van der Waals surface area contributed by atoms with Crippen molar-refractivity contribution in [2.45, 2.75) is 57.0 Å². The molecule has 2 amide bonds. The van der Waals surface area contributed by atoms with E-state index in [1.165, 1.54) is 6.42 Å². The Bertz CT molecular complexity index is 328. The maximum absolute atomic E-state index is 12.4. The lowest BCUT2D eigenvalue weighted by Crippen LogP contribution is -2.53. The summed E-state index contributed by atoms with van der Waals surface area (Å²) >= 11 is 0. The summed E-state index contributed by atoms with van der Waals surface area (Å²) in [4.78, 5) is 26.8. The number of rotatable bonds is 3. The number of hydrogen-bond donors (Lipinski definition) is 1. The van der Waals surface area contributed by atoms with E-state index in [9.17, 15) is 9.59 Å². The second kappa shape index (κ2) is 5.59. The van der Waals surface area contributed by atoms with E-state index < -0.39 is 5.97 Å². The molecular weight excluding hydrogens is 232 g/mol. The van der Waals surface area contributed by atoms with Gasteiger partial charge in [-0.25, -0.2) is 4.79 Å². The normalized spacial score (nSPS) is 24.5. The molecule has 2 fully saturated rings. The van der Waals surface area contributed by atoms with Crippen LogP contribution in [0.2, 0.25) is 0 Å². The lowest BCUT2D eigenvalue weighted by atomic mass is 9.92. The molecule has 1 aliphatic carbocycles. The monoisotopic (exact) mass is 254 g/mol. The van der Waals surface area contributed by atoms with E-state index in [1.54, 1.807) is 4.90 Å². The van der Waals surface area contributed by atoms with Crippen molar-refractivity contribution in [3.63, 3.8) is 0 Å². The van der Waals surface area contributed by atoms with E-state index in [1.807, 2.05) is 11.9 Å². The fourth-order valence-electron chi connectivity index (χ4n) is 2.80. The number of urea groups is 1. The molecule has 5 heteroatoms. The summed E-state index contributed by atoms with van der Waals surface area (Å²) in [6, 6.07) is 0.266. The zero-order valence-corrected chi connectivity index (χ0v) is 11.0. The molecule has 18 heavy (non-hydrogen) atoms. The number of amides is 2. The molecule has 0 bridgehead atoms. The average Bonchev–Trinajstić information content (AvgIpc) is 2.25. The van der Waals surface area contributed by atoms with Gasteiger partial charge in [0.05, 0.1) is 6.42 Å². The van der Waals surface area contributed by atoms with Crippen LogP contribution in [-0.2, 0) is 4.79 Å².